The molecule has 5 rings (SSSR count). The van der Waals surface area contributed by atoms with Crippen LogP contribution in [0.4, 0.5) is 5.82 Å². The van der Waals surface area contributed by atoms with Gasteiger partial charge in [0.05, 0.1) is 5.39 Å². The molecule has 0 unspecified atom stereocenters. The number of hydrogen-bond donors (Lipinski definition) is 1. The Morgan fingerprint density at radius 3 is 2.88 bits per heavy atom. The Bertz CT molecular complexity index is 724. The van der Waals surface area contributed by atoms with Gasteiger partial charge < -0.3 is 10.2 Å². The van der Waals surface area contributed by atoms with E-state index in [4.69, 9.17) is 0 Å². The average molecular weight is 344 g/mol. The second-order valence-electron chi connectivity index (χ2n) is 7.55. The molecule has 6 heteroatoms. The summed E-state index contributed by atoms with van der Waals surface area (Å²) in [5, 5.41) is 4.91. The Morgan fingerprint density at radius 1 is 1.17 bits per heavy atom. The van der Waals surface area contributed by atoms with Crippen LogP contribution in [0, 0.1) is 12.8 Å². The van der Waals surface area contributed by atoms with Crippen LogP contribution in [-0.4, -0.2) is 59.7 Å². The maximum atomic E-state index is 4.61. The number of thiophene rings is 1. The van der Waals surface area contributed by atoms with Gasteiger partial charge in [0.15, 0.2) is 0 Å². The minimum atomic E-state index is 0.759. The van der Waals surface area contributed by atoms with Crippen molar-refractivity contribution in [3.8, 4) is 0 Å². The molecule has 2 atom stereocenters. The first kappa shape index (κ1) is 15.0. The van der Waals surface area contributed by atoms with Crippen molar-refractivity contribution in [1.29, 1.82) is 0 Å². The van der Waals surface area contributed by atoms with Crippen LogP contribution in [0.1, 0.15) is 24.1 Å². The largest absolute Gasteiger partial charge is 0.356 e. The second-order valence-corrected chi connectivity index (χ2v) is 8.79. The Morgan fingerprint density at radius 2 is 2.04 bits per heavy atom. The summed E-state index contributed by atoms with van der Waals surface area (Å²) in [6.45, 7) is 8.18. The third kappa shape index (κ3) is 2.52. The summed E-state index contributed by atoms with van der Waals surface area (Å²) in [6.07, 6.45) is 5.62. The van der Waals surface area contributed by atoms with Crippen molar-refractivity contribution in [3.63, 3.8) is 0 Å². The molecule has 0 spiro atoms. The standard InChI is InChI=1S/C18H25N5S/c1-12-8-15-17(20-11-21-18(15)24-12)22-6-3-14(4-7-22)23-9-13-2-5-19-16(13)10-23/h8,11,13-14,16,19H,2-7,9-10H2,1H3/t13-,16+/m0/s1. The topological polar surface area (TPSA) is 44.3 Å². The number of nitrogens with zero attached hydrogens (tertiary/aromatic N) is 4. The molecule has 3 aliphatic rings. The molecule has 3 fully saturated rings. The molecule has 3 saturated heterocycles. The first-order valence-electron chi connectivity index (χ1n) is 9.21. The zero-order valence-electron chi connectivity index (χ0n) is 14.2. The molecule has 0 radical (unpaired) electrons. The Balaban J connectivity index is 1.28. The predicted molar refractivity (Wildman–Crippen MR) is 98.9 cm³/mol. The van der Waals surface area contributed by atoms with Crippen molar-refractivity contribution in [2.75, 3.05) is 37.6 Å². The van der Waals surface area contributed by atoms with E-state index in [2.05, 4.69) is 38.1 Å². The maximum Gasteiger partial charge on any atom is 0.140 e. The van der Waals surface area contributed by atoms with Crippen LogP contribution in [0.15, 0.2) is 12.4 Å². The smallest absolute Gasteiger partial charge is 0.140 e. The number of rotatable bonds is 2. The van der Waals surface area contributed by atoms with E-state index in [0.29, 0.717) is 0 Å². The maximum absolute atomic E-state index is 4.61. The fourth-order valence-electron chi connectivity index (χ4n) is 4.84. The summed E-state index contributed by atoms with van der Waals surface area (Å²) in [5.41, 5.74) is 0. The third-order valence-electron chi connectivity index (χ3n) is 6.10. The summed E-state index contributed by atoms with van der Waals surface area (Å²) in [7, 11) is 0. The van der Waals surface area contributed by atoms with Gasteiger partial charge in [0.1, 0.15) is 17.0 Å². The summed E-state index contributed by atoms with van der Waals surface area (Å²) >= 11 is 1.77. The van der Waals surface area contributed by atoms with Crippen LogP contribution in [0.2, 0.25) is 0 Å². The van der Waals surface area contributed by atoms with Gasteiger partial charge in [0, 0.05) is 43.1 Å². The van der Waals surface area contributed by atoms with Gasteiger partial charge in [0.25, 0.3) is 0 Å². The molecule has 128 valence electrons. The molecule has 0 amide bonds. The summed E-state index contributed by atoms with van der Waals surface area (Å²) < 4.78 is 0. The van der Waals surface area contributed by atoms with Crippen molar-refractivity contribution < 1.29 is 0 Å². The summed E-state index contributed by atoms with van der Waals surface area (Å²) in [5.74, 6) is 2.04. The minimum absolute atomic E-state index is 0.759. The van der Waals surface area contributed by atoms with Crippen LogP contribution in [0.5, 0.6) is 0 Å². The van der Waals surface area contributed by atoms with E-state index < -0.39 is 0 Å². The monoisotopic (exact) mass is 343 g/mol. The number of likely N-dealkylation sites (tertiary alicyclic amines) is 1. The Hall–Kier alpha value is -1.24. The predicted octanol–water partition coefficient (Wildman–Crippen LogP) is 2.26. The molecule has 0 bridgehead atoms. The molecule has 5 heterocycles. The number of anilines is 1. The third-order valence-corrected chi connectivity index (χ3v) is 7.06. The number of fused-ring (bicyclic) bond motifs is 2. The van der Waals surface area contributed by atoms with Crippen LogP contribution >= 0.6 is 11.3 Å². The number of aryl methyl sites for hydroxylation is 1. The lowest BCUT2D eigenvalue weighted by molar-refractivity contribution is 0.195. The van der Waals surface area contributed by atoms with Crippen LogP contribution in [-0.2, 0) is 0 Å². The van der Waals surface area contributed by atoms with Gasteiger partial charge in [-0.15, -0.1) is 11.3 Å². The first-order valence-corrected chi connectivity index (χ1v) is 10.0. The fourth-order valence-corrected chi connectivity index (χ4v) is 5.68. The molecule has 24 heavy (non-hydrogen) atoms. The van der Waals surface area contributed by atoms with Gasteiger partial charge in [-0.1, -0.05) is 0 Å². The highest BCUT2D eigenvalue weighted by molar-refractivity contribution is 7.18. The zero-order chi connectivity index (χ0) is 16.1. The molecule has 3 aliphatic heterocycles. The van der Waals surface area contributed by atoms with Crippen molar-refractivity contribution in [1.82, 2.24) is 20.2 Å². The van der Waals surface area contributed by atoms with E-state index in [1.54, 1.807) is 17.7 Å². The number of piperidine rings is 1. The van der Waals surface area contributed by atoms with Crippen LogP contribution in [0.3, 0.4) is 0 Å². The first-order chi connectivity index (χ1) is 11.8. The molecular formula is C18H25N5S. The SMILES string of the molecule is Cc1cc2c(N3CCC(N4C[C@@H]5CCN[C@@H]5C4)CC3)ncnc2s1. The number of hydrogen-bond acceptors (Lipinski definition) is 6. The van der Waals surface area contributed by atoms with Gasteiger partial charge in [-0.25, -0.2) is 9.97 Å². The molecule has 2 aromatic rings. The van der Waals surface area contributed by atoms with Gasteiger partial charge in [0.2, 0.25) is 0 Å². The van der Waals surface area contributed by atoms with Crippen molar-refractivity contribution in [2.24, 2.45) is 5.92 Å². The number of nitrogens with one attached hydrogen (secondary N) is 1. The highest BCUT2D eigenvalue weighted by Gasteiger charge is 2.39. The minimum Gasteiger partial charge on any atom is -0.356 e. The molecule has 1 N–H and O–H groups in total. The van der Waals surface area contributed by atoms with Gasteiger partial charge in [-0.3, -0.25) is 4.90 Å². The summed E-state index contributed by atoms with van der Waals surface area (Å²) in [4.78, 5) is 16.7. The van der Waals surface area contributed by atoms with E-state index in [1.807, 2.05) is 0 Å². The van der Waals surface area contributed by atoms with Crippen molar-refractivity contribution in [3.05, 3.63) is 17.3 Å². The zero-order valence-corrected chi connectivity index (χ0v) is 15.1. The highest BCUT2D eigenvalue weighted by Crippen LogP contribution is 2.33. The van der Waals surface area contributed by atoms with Crippen LogP contribution in [0.25, 0.3) is 10.2 Å². The molecular weight excluding hydrogens is 318 g/mol. The number of aromatic nitrogens is 2. The van der Waals surface area contributed by atoms with Crippen LogP contribution < -0.4 is 10.2 Å². The van der Waals surface area contributed by atoms with Gasteiger partial charge in [-0.2, -0.15) is 0 Å². The van der Waals surface area contributed by atoms with Crippen molar-refractivity contribution in [2.45, 2.75) is 38.3 Å². The van der Waals surface area contributed by atoms with Gasteiger partial charge >= 0.3 is 0 Å². The molecule has 2 aromatic heterocycles. The van der Waals surface area contributed by atoms with Gasteiger partial charge in [-0.05, 0) is 44.7 Å². The Kier molecular flexibility index (Phi) is 3.72. The lowest BCUT2D eigenvalue weighted by atomic mass is 10.0. The Labute approximate surface area is 147 Å². The lowest BCUT2D eigenvalue weighted by Gasteiger charge is -2.37. The normalized spacial score (nSPS) is 28.8. The summed E-state index contributed by atoms with van der Waals surface area (Å²) in [6, 6.07) is 3.77. The van der Waals surface area contributed by atoms with E-state index in [1.165, 1.54) is 49.2 Å². The second kappa shape index (κ2) is 5.93. The average Bonchev–Trinajstić information content (AvgIpc) is 3.27. The van der Waals surface area contributed by atoms with E-state index in [0.717, 1.165) is 41.7 Å². The van der Waals surface area contributed by atoms with E-state index >= 15 is 0 Å². The highest BCUT2D eigenvalue weighted by atomic mass is 32.1. The fraction of sp³-hybridized carbons (Fsp3) is 0.667. The molecule has 0 saturated carbocycles. The molecule has 0 aromatic carbocycles. The molecule has 5 nitrogen and oxygen atoms in total. The van der Waals surface area contributed by atoms with E-state index in [9.17, 15) is 0 Å². The lowest BCUT2D eigenvalue weighted by Crippen LogP contribution is -2.45. The van der Waals surface area contributed by atoms with Crippen molar-refractivity contribution >= 4 is 27.4 Å². The quantitative estimate of drug-likeness (QED) is 0.906. The van der Waals surface area contributed by atoms with E-state index in [-0.39, 0.29) is 0 Å². The molecule has 0 aliphatic carbocycles.